The number of hydrogen-bond donors (Lipinski definition) is 1. The molecule has 29 heavy (non-hydrogen) atoms. The van der Waals surface area contributed by atoms with Crippen molar-refractivity contribution in [2.75, 3.05) is 33.2 Å². The van der Waals surface area contributed by atoms with Gasteiger partial charge in [-0.15, -0.1) is 22.7 Å². The molecule has 6 nitrogen and oxygen atoms in total. The van der Waals surface area contributed by atoms with Crippen molar-refractivity contribution >= 4 is 28.6 Å². The van der Waals surface area contributed by atoms with E-state index in [4.69, 9.17) is 9.98 Å². The predicted octanol–water partition coefficient (Wildman–Crippen LogP) is 3.78. The molecule has 1 fully saturated rings. The summed E-state index contributed by atoms with van der Waals surface area (Å²) < 4.78 is 0. The van der Waals surface area contributed by atoms with Crippen LogP contribution in [0.3, 0.4) is 0 Å². The Balaban J connectivity index is 1.47. The van der Waals surface area contributed by atoms with Gasteiger partial charge in [-0.25, -0.2) is 9.97 Å². The first-order valence-corrected chi connectivity index (χ1v) is 12.4. The predicted molar refractivity (Wildman–Crippen MR) is 124 cm³/mol. The molecular formula is C21H34N6S2. The SMILES string of the molecule is CCNC(=NCC1CCN(Cc2csc(CC)n2)CC1)N(C)Cc1csc(C)n1. The molecule has 0 saturated carbocycles. The smallest absolute Gasteiger partial charge is 0.194 e. The van der Waals surface area contributed by atoms with Crippen molar-refractivity contribution in [3.8, 4) is 0 Å². The standard InChI is InChI=1S/C21H34N6S2/c1-5-20-25-19(15-29-20)13-27-9-7-17(8-10-27)11-23-21(22-6-2)26(4)12-18-14-28-16(3)24-18/h14-15,17H,5-13H2,1-4H3,(H,22,23). The van der Waals surface area contributed by atoms with E-state index in [0.29, 0.717) is 5.92 Å². The zero-order valence-electron chi connectivity index (χ0n) is 18.1. The first-order chi connectivity index (χ1) is 14.1. The van der Waals surface area contributed by atoms with Crippen LogP contribution >= 0.6 is 22.7 Å². The van der Waals surface area contributed by atoms with E-state index in [9.17, 15) is 0 Å². The first-order valence-electron chi connectivity index (χ1n) is 10.6. The summed E-state index contributed by atoms with van der Waals surface area (Å²) in [6, 6.07) is 0. The summed E-state index contributed by atoms with van der Waals surface area (Å²) in [6.07, 6.45) is 3.46. The Kier molecular flexibility index (Phi) is 8.44. The van der Waals surface area contributed by atoms with Crippen LogP contribution in [0.4, 0.5) is 0 Å². The summed E-state index contributed by atoms with van der Waals surface area (Å²) in [5, 5.41) is 10.2. The van der Waals surface area contributed by atoms with Gasteiger partial charge >= 0.3 is 0 Å². The van der Waals surface area contributed by atoms with Gasteiger partial charge < -0.3 is 10.2 Å². The van der Waals surface area contributed by atoms with Crippen LogP contribution < -0.4 is 5.32 Å². The molecule has 0 radical (unpaired) electrons. The molecule has 0 atom stereocenters. The molecule has 3 heterocycles. The first kappa shape index (κ1) is 22.2. The third kappa shape index (κ3) is 6.76. The van der Waals surface area contributed by atoms with Crippen molar-refractivity contribution in [2.24, 2.45) is 10.9 Å². The van der Waals surface area contributed by atoms with E-state index in [0.717, 1.165) is 62.4 Å². The lowest BCUT2D eigenvalue weighted by atomic mass is 9.97. The van der Waals surface area contributed by atoms with Crippen LogP contribution in [-0.4, -0.2) is 59.0 Å². The van der Waals surface area contributed by atoms with E-state index in [1.54, 1.807) is 22.7 Å². The summed E-state index contributed by atoms with van der Waals surface area (Å²) in [5.41, 5.74) is 2.35. The fourth-order valence-electron chi connectivity index (χ4n) is 3.62. The minimum atomic E-state index is 0.663. The van der Waals surface area contributed by atoms with E-state index in [-0.39, 0.29) is 0 Å². The largest absolute Gasteiger partial charge is 0.357 e. The lowest BCUT2D eigenvalue weighted by molar-refractivity contribution is 0.179. The van der Waals surface area contributed by atoms with Gasteiger partial charge in [0.1, 0.15) is 0 Å². The average molecular weight is 435 g/mol. The van der Waals surface area contributed by atoms with Gasteiger partial charge in [0.05, 0.1) is 27.9 Å². The van der Waals surface area contributed by atoms with Crippen LogP contribution in [0.5, 0.6) is 0 Å². The van der Waals surface area contributed by atoms with Gasteiger partial charge in [0.2, 0.25) is 0 Å². The molecule has 1 saturated heterocycles. The average Bonchev–Trinajstić information content (AvgIpc) is 3.34. The molecule has 160 valence electrons. The maximum atomic E-state index is 4.94. The van der Waals surface area contributed by atoms with Crippen LogP contribution in [0, 0.1) is 12.8 Å². The fraction of sp³-hybridized carbons (Fsp3) is 0.667. The van der Waals surface area contributed by atoms with E-state index in [1.807, 2.05) is 0 Å². The Bertz CT molecular complexity index is 776. The topological polar surface area (TPSA) is 56.7 Å². The highest BCUT2D eigenvalue weighted by Gasteiger charge is 2.20. The summed E-state index contributed by atoms with van der Waals surface area (Å²) >= 11 is 3.49. The highest BCUT2D eigenvalue weighted by Crippen LogP contribution is 2.20. The molecule has 0 unspecified atom stereocenters. The molecule has 1 aliphatic rings. The molecule has 1 aliphatic heterocycles. The number of rotatable bonds is 8. The highest BCUT2D eigenvalue weighted by atomic mass is 32.1. The second kappa shape index (κ2) is 11.0. The number of aryl methyl sites for hydroxylation is 2. The number of nitrogens with zero attached hydrogens (tertiary/aromatic N) is 5. The van der Waals surface area contributed by atoms with Gasteiger partial charge in [0.15, 0.2) is 5.96 Å². The molecule has 0 aliphatic carbocycles. The summed E-state index contributed by atoms with van der Waals surface area (Å²) in [5.74, 6) is 1.65. The number of aliphatic imine (C=N–C) groups is 1. The van der Waals surface area contributed by atoms with E-state index >= 15 is 0 Å². The van der Waals surface area contributed by atoms with Gasteiger partial charge in [-0.1, -0.05) is 6.92 Å². The molecule has 1 N–H and O–H groups in total. The van der Waals surface area contributed by atoms with Crippen LogP contribution in [-0.2, 0) is 19.5 Å². The van der Waals surface area contributed by atoms with Gasteiger partial charge in [0, 0.05) is 37.4 Å². The van der Waals surface area contributed by atoms with Gasteiger partial charge in [0.25, 0.3) is 0 Å². The number of aromatic nitrogens is 2. The molecule has 0 spiro atoms. The summed E-state index contributed by atoms with van der Waals surface area (Å²) in [4.78, 5) is 19.0. The molecule has 8 heteroatoms. The van der Waals surface area contributed by atoms with Gasteiger partial charge in [-0.2, -0.15) is 0 Å². The number of thiazole rings is 2. The number of hydrogen-bond acceptors (Lipinski definition) is 6. The zero-order valence-corrected chi connectivity index (χ0v) is 19.8. The Morgan fingerprint density at radius 3 is 2.59 bits per heavy atom. The fourth-order valence-corrected chi connectivity index (χ4v) is 4.96. The second-order valence-electron chi connectivity index (χ2n) is 7.71. The lowest BCUT2D eigenvalue weighted by Gasteiger charge is -2.31. The molecular weight excluding hydrogens is 400 g/mol. The van der Waals surface area contributed by atoms with Crippen LogP contribution in [0.15, 0.2) is 15.8 Å². The molecule has 0 bridgehead atoms. The zero-order chi connectivity index (χ0) is 20.6. The third-order valence-electron chi connectivity index (χ3n) is 5.26. The van der Waals surface area contributed by atoms with Gasteiger partial charge in [-0.3, -0.25) is 9.89 Å². The summed E-state index contributed by atoms with van der Waals surface area (Å²) in [7, 11) is 2.09. The number of nitrogens with one attached hydrogen (secondary N) is 1. The maximum Gasteiger partial charge on any atom is 0.194 e. The van der Waals surface area contributed by atoms with Crippen LogP contribution in [0.2, 0.25) is 0 Å². The number of likely N-dealkylation sites (tertiary alicyclic amines) is 1. The Morgan fingerprint density at radius 2 is 1.97 bits per heavy atom. The Morgan fingerprint density at radius 1 is 1.21 bits per heavy atom. The quantitative estimate of drug-likeness (QED) is 0.506. The monoisotopic (exact) mass is 434 g/mol. The van der Waals surface area contributed by atoms with Crippen LogP contribution in [0.25, 0.3) is 0 Å². The molecule has 3 rings (SSSR count). The van der Waals surface area contributed by atoms with Gasteiger partial charge in [-0.05, 0) is 52.1 Å². The van der Waals surface area contributed by atoms with Crippen molar-refractivity contribution in [3.05, 3.63) is 32.2 Å². The van der Waals surface area contributed by atoms with E-state index in [1.165, 1.54) is 23.5 Å². The molecule has 0 amide bonds. The number of guanidine groups is 1. The van der Waals surface area contributed by atoms with Crippen molar-refractivity contribution in [1.29, 1.82) is 0 Å². The summed E-state index contributed by atoms with van der Waals surface area (Å²) in [6.45, 7) is 12.2. The van der Waals surface area contributed by atoms with Crippen LogP contribution in [0.1, 0.15) is 48.1 Å². The second-order valence-corrected chi connectivity index (χ2v) is 9.72. The van der Waals surface area contributed by atoms with Crippen molar-refractivity contribution in [3.63, 3.8) is 0 Å². The third-order valence-corrected chi connectivity index (χ3v) is 7.12. The van der Waals surface area contributed by atoms with Crippen molar-refractivity contribution in [2.45, 2.75) is 53.1 Å². The van der Waals surface area contributed by atoms with E-state index in [2.05, 4.69) is 58.7 Å². The maximum absolute atomic E-state index is 4.94. The molecule has 2 aromatic rings. The Labute approximate surface area is 183 Å². The van der Waals surface area contributed by atoms with Crippen molar-refractivity contribution in [1.82, 2.24) is 25.1 Å². The van der Waals surface area contributed by atoms with E-state index < -0.39 is 0 Å². The minimum Gasteiger partial charge on any atom is -0.357 e. The lowest BCUT2D eigenvalue weighted by Crippen LogP contribution is -2.39. The Hall–Kier alpha value is -1.51. The van der Waals surface area contributed by atoms with Crippen molar-refractivity contribution < 1.29 is 0 Å². The molecule has 0 aromatic carbocycles. The minimum absolute atomic E-state index is 0.663. The molecule has 2 aromatic heterocycles. The normalized spacial score (nSPS) is 16.3. The number of piperidine rings is 1. The highest BCUT2D eigenvalue weighted by molar-refractivity contribution is 7.09.